The molecule has 0 saturated heterocycles. The first-order valence-electron chi connectivity index (χ1n) is 7.70. The molecule has 4 nitrogen and oxygen atoms in total. The zero-order chi connectivity index (χ0) is 15.2. The summed E-state index contributed by atoms with van der Waals surface area (Å²) in [5.74, 6) is 2.64. The van der Waals surface area contributed by atoms with Crippen LogP contribution in [-0.2, 0) is 6.42 Å². The van der Waals surface area contributed by atoms with Gasteiger partial charge in [-0.25, -0.2) is 0 Å². The minimum absolute atomic E-state index is 0.615. The summed E-state index contributed by atoms with van der Waals surface area (Å²) in [6.07, 6.45) is 2.92. The second kappa shape index (κ2) is 7.36. The normalized spacial score (nSPS) is 12.8. The third kappa shape index (κ3) is 4.39. The molecular formula is C17H25N3O. The fourth-order valence-corrected chi connectivity index (χ4v) is 2.59. The van der Waals surface area contributed by atoms with Gasteiger partial charge in [-0.2, -0.15) is 4.98 Å². The summed E-state index contributed by atoms with van der Waals surface area (Å²) in [7, 11) is 0. The van der Waals surface area contributed by atoms with E-state index in [0.717, 1.165) is 31.4 Å². The Kier molecular flexibility index (Phi) is 5.51. The third-order valence-electron chi connectivity index (χ3n) is 3.95. The van der Waals surface area contributed by atoms with E-state index in [1.54, 1.807) is 0 Å². The van der Waals surface area contributed by atoms with Crippen LogP contribution in [0.4, 0.5) is 0 Å². The zero-order valence-electron chi connectivity index (χ0n) is 13.2. The van der Waals surface area contributed by atoms with Gasteiger partial charge in [-0.1, -0.05) is 42.8 Å². The highest BCUT2D eigenvalue weighted by Crippen LogP contribution is 2.22. The summed E-state index contributed by atoms with van der Waals surface area (Å²) in [6.45, 7) is 7.28. The molecule has 0 aliphatic heterocycles. The molecule has 1 atom stereocenters. The highest BCUT2D eigenvalue weighted by atomic mass is 16.5. The van der Waals surface area contributed by atoms with Crippen LogP contribution in [0.1, 0.15) is 38.1 Å². The Hall–Kier alpha value is -1.68. The molecule has 1 unspecified atom stereocenters. The molecule has 0 aliphatic carbocycles. The van der Waals surface area contributed by atoms with Crippen LogP contribution in [-0.4, -0.2) is 16.7 Å². The highest BCUT2D eigenvalue weighted by molar-refractivity contribution is 5.55. The second-order valence-electron chi connectivity index (χ2n) is 6.00. The first-order chi connectivity index (χ1) is 10.1. The molecule has 2 N–H and O–H groups in total. The van der Waals surface area contributed by atoms with Gasteiger partial charge < -0.3 is 10.3 Å². The van der Waals surface area contributed by atoms with E-state index < -0.39 is 0 Å². The number of nitrogens with two attached hydrogens (primary N) is 1. The average Bonchev–Trinajstić information content (AvgIpc) is 2.92. The van der Waals surface area contributed by atoms with Gasteiger partial charge in [0.15, 0.2) is 0 Å². The average molecular weight is 287 g/mol. The number of hydrogen-bond donors (Lipinski definition) is 1. The Bertz CT molecular complexity index is 563. The van der Waals surface area contributed by atoms with Crippen LogP contribution in [0.25, 0.3) is 11.4 Å². The van der Waals surface area contributed by atoms with E-state index in [4.69, 9.17) is 10.3 Å². The lowest BCUT2D eigenvalue weighted by atomic mass is 9.88. The maximum atomic E-state index is 5.68. The summed E-state index contributed by atoms with van der Waals surface area (Å²) in [5, 5.41) is 4.09. The van der Waals surface area contributed by atoms with Crippen molar-refractivity contribution in [1.29, 1.82) is 0 Å². The van der Waals surface area contributed by atoms with E-state index in [1.165, 1.54) is 5.56 Å². The molecule has 0 fully saturated rings. The predicted molar refractivity (Wildman–Crippen MR) is 84.8 cm³/mol. The van der Waals surface area contributed by atoms with Crippen LogP contribution in [0.15, 0.2) is 28.8 Å². The number of hydrogen-bond acceptors (Lipinski definition) is 4. The summed E-state index contributed by atoms with van der Waals surface area (Å²) in [4.78, 5) is 4.50. The van der Waals surface area contributed by atoms with Gasteiger partial charge in [-0.15, -0.1) is 0 Å². The molecule has 0 amide bonds. The van der Waals surface area contributed by atoms with Crippen molar-refractivity contribution in [2.75, 3.05) is 6.54 Å². The van der Waals surface area contributed by atoms with Gasteiger partial charge in [0, 0.05) is 12.0 Å². The molecular weight excluding hydrogens is 262 g/mol. The van der Waals surface area contributed by atoms with Crippen molar-refractivity contribution in [2.24, 2.45) is 17.6 Å². The minimum Gasteiger partial charge on any atom is -0.339 e. The number of nitrogens with zero attached hydrogens (tertiary/aromatic N) is 2. The van der Waals surface area contributed by atoms with E-state index in [2.05, 4.69) is 43.0 Å². The van der Waals surface area contributed by atoms with E-state index in [9.17, 15) is 0 Å². The molecule has 1 heterocycles. The minimum atomic E-state index is 0.615. The first-order valence-corrected chi connectivity index (χ1v) is 7.70. The van der Waals surface area contributed by atoms with E-state index in [-0.39, 0.29) is 0 Å². The molecule has 1 aromatic carbocycles. The lowest BCUT2D eigenvalue weighted by Crippen LogP contribution is -2.15. The largest absolute Gasteiger partial charge is 0.339 e. The van der Waals surface area contributed by atoms with Gasteiger partial charge in [-0.3, -0.25) is 0 Å². The second-order valence-corrected chi connectivity index (χ2v) is 6.00. The van der Waals surface area contributed by atoms with Crippen LogP contribution in [0, 0.1) is 18.8 Å². The maximum Gasteiger partial charge on any atom is 0.226 e. The number of rotatable bonds is 7. The first kappa shape index (κ1) is 15.7. The fourth-order valence-electron chi connectivity index (χ4n) is 2.59. The van der Waals surface area contributed by atoms with Crippen molar-refractivity contribution >= 4 is 0 Å². The Morgan fingerprint density at radius 2 is 2.05 bits per heavy atom. The molecule has 21 heavy (non-hydrogen) atoms. The van der Waals surface area contributed by atoms with Gasteiger partial charge in [0.1, 0.15) is 0 Å². The molecule has 0 spiro atoms. The Morgan fingerprint density at radius 1 is 1.24 bits per heavy atom. The molecule has 0 bridgehead atoms. The van der Waals surface area contributed by atoms with Crippen LogP contribution >= 0.6 is 0 Å². The third-order valence-corrected chi connectivity index (χ3v) is 3.95. The number of aryl methyl sites for hydroxylation is 2. The predicted octanol–water partition coefficient (Wildman–Crippen LogP) is 3.60. The van der Waals surface area contributed by atoms with Gasteiger partial charge in [-0.05, 0) is 44.2 Å². The Morgan fingerprint density at radius 3 is 2.71 bits per heavy atom. The lowest BCUT2D eigenvalue weighted by Gasteiger charge is -2.18. The van der Waals surface area contributed by atoms with Gasteiger partial charge in [0.2, 0.25) is 11.7 Å². The molecule has 2 rings (SSSR count). The number of benzene rings is 1. The summed E-state index contributed by atoms with van der Waals surface area (Å²) < 4.78 is 5.37. The smallest absolute Gasteiger partial charge is 0.226 e. The molecule has 2 aromatic rings. The quantitative estimate of drug-likeness (QED) is 0.845. The van der Waals surface area contributed by atoms with Gasteiger partial charge in [0.25, 0.3) is 0 Å². The van der Waals surface area contributed by atoms with Crippen molar-refractivity contribution in [3.05, 3.63) is 35.7 Å². The van der Waals surface area contributed by atoms with E-state index >= 15 is 0 Å². The molecule has 0 radical (unpaired) electrons. The monoisotopic (exact) mass is 287 g/mol. The van der Waals surface area contributed by atoms with Gasteiger partial charge >= 0.3 is 0 Å². The van der Waals surface area contributed by atoms with Crippen molar-refractivity contribution < 1.29 is 4.52 Å². The van der Waals surface area contributed by atoms with Gasteiger partial charge in [0.05, 0.1) is 0 Å². The van der Waals surface area contributed by atoms with E-state index in [0.29, 0.717) is 23.6 Å². The highest BCUT2D eigenvalue weighted by Gasteiger charge is 2.15. The van der Waals surface area contributed by atoms with Crippen molar-refractivity contribution in [3.63, 3.8) is 0 Å². The van der Waals surface area contributed by atoms with Crippen molar-refractivity contribution in [1.82, 2.24) is 10.1 Å². The van der Waals surface area contributed by atoms with Crippen LogP contribution < -0.4 is 5.73 Å². The molecule has 114 valence electrons. The van der Waals surface area contributed by atoms with Crippen LogP contribution in [0.5, 0.6) is 0 Å². The number of aromatic nitrogens is 2. The summed E-state index contributed by atoms with van der Waals surface area (Å²) in [6, 6.07) is 8.15. The van der Waals surface area contributed by atoms with E-state index in [1.807, 2.05) is 12.1 Å². The van der Waals surface area contributed by atoms with Crippen molar-refractivity contribution in [2.45, 2.75) is 40.0 Å². The molecule has 1 aromatic heterocycles. The Labute approximate surface area is 126 Å². The zero-order valence-corrected chi connectivity index (χ0v) is 13.2. The Balaban J connectivity index is 2.00. The standard InChI is InChI=1S/C17H25N3O/c1-12(2)14(9-10-18)7-8-16-19-17(20-21-16)15-6-4-5-13(3)11-15/h4-6,11-12,14H,7-10,18H2,1-3H3. The maximum absolute atomic E-state index is 5.68. The molecule has 4 heteroatoms. The lowest BCUT2D eigenvalue weighted by molar-refractivity contribution is 0.313. The van der Waals surface area contributed by atoms with Crippen LogP contribution in [0.2, 0.25) is 0 Å². The SMILES string of the molecule is Cc1cccc(-c2noc(CCC(CCN)C(C)C)n2)c1. The summed E-state index contributed by atoms with van der Waals surface area (Å²) >= 11 is 0. The molecule has 0 saturated carbocycles. The van der Waals surface area contributed by atoms with Crippen molar-refractivity contribution in [3.8, 4) is 11.4 Å². The molecule has 0 aliphatic rings. The fraction of sp³-hybridized carbons (Fsp3) is 0.529. The van der Waals surface area contributed by atoms with Crippen LogP contribution in [0.3, 0.4) is 0 Å². The topological polar surface area (TPSA) is 64.9 Å². The summed E-state index contributed by atoms with van der Waals surface area (Å²) in [5.41, 5.74) is 7.88.